The van der Waals surface area contributed by atoms with Crippen LogP contribution < -0.4 is 14.2 Å². The molecule has 6 nitrogen and oxygen atoms in total. The first-order valence-corrected chi connectivity index (χ1v) is 11.7. The molecule has 0 atom stereocenters. The van der Waals surface area contributed by atoms with Crippen molar-refractivity contribution in [3.63, 3.8) is 0 Å². The van der Waals surface area contributed by atoms with Gasteiger partial charge in [-0.2, -0.15) is 8.42 Å². The molecule has 0 spiro atoms. The highest BCUT2D eigenvalue weighted by Crippen LogP contribution is 2.37. The van der Waals surface area contributed by atoms with Crippen molar-refractivity contribution in [1.29, 1.82) is 0 Å². The van der Waals surface area contributed by atoms with Crippen molar-refractivity contribution in [2.75, 3.05) is 6.61 Å². The molecule has 0 bridgehead atoms. The van der Waals surface area contributed by atoms with Crippen molar-refractivity contribution in [3.05, 3.63) is 56.5 Å². The molecular weight excluding hydrogens is 533 g/mol. The van der Waals surface area contributed by atoms with Crippen LogP contribution in [-0.2, 0) is 14.9 Å². The average molecular weight is 547 g/mol. The second-order valence-electron chi connectivity index (χ2n) is 5.47. The normalized spacial score (nSPS) is 15.6. The fraction of sp³-hybridized carbons (Fsp3) is 0.111. The van der Waals surface area contributed by atoms with Crippen molar-refractivity contribution >= 4 is 73.0 Å². The molecule has 2 aromatic rings. The number of amides is 1. The van der Waals surface area contributed by atoms with E-state index in [0.717, 1.165) is 0 Å². The van der Waals surface area contributed by atoms with Gasteiger partial charge in [0.1, 0.15) is 9.22 Å². The van der Waals surface area contributed by atoms with Crippen LogP contribution in [0, 0.1) is 3.57 Å². The number of thiocarbonyl (C=S) groups is 1. The molecule has 3 rings (SSSR count). The van der Waals surface area contributed by atoms with Crippen LogP contribution in [0.3, 0.4) is 0 Å². The predicted molar refractivity (Wildman–Crippen MR) is 121 cm³/mol. The topological polar surface area (TPSA) is 81.7 Å². The molecule has 0 saturated carbocycles. The monoisotopic (exact) mass is 547 g/mol. The molecule has 1 saturated heterocycles. The maximum Gasteiger partial charge on any atom is 0.339 e. The molecule has 0 aliphatic carbocycles. The summed E-state index contributed by atoms with van der Waals surface area (Å²) >= 11 is 8.13. The third-order valence-electron chi connectivity index (χ3n) is 3.50. The van der Waals surface area contributed by atoms with Crippen molar-refractivity contribution in [3.8, 4) is 11.5 Å². The van der Waals surface area contributed by atoms with Crippen LogP contribution in [0.5, 0.6) is 11.5 Å². The molecule has 1 heterocycles. The molecule has 28 heavy (non-hydrogen) atoms. The molecule has 0 unspecified atom stereocenters. The minimum absolute atomic E-state index is 0.0481. The lowest BCUT2D eigenvalue weighted by molar-refractivity contribution is -0.115. The lowest BCUT2D eigenvalue weighted by Crippen LogP contribution is -2.17. The van der Waals surface area contributed by atoms with Gasteiger partial charge in [-0.1, -0.05) is 42.2 Å². The Morgan fingerprint density at radius 2 is 1.96 bits per heavy atom. The van der Waals surface area contributed by atoms with E-state index in [1.807, 2.05) is 22.6 Å². The van der Waals surface area contributed by atoms with E-state index in [0.29, 0.717) is 25.0 Å². The standard InChI is InChI=1S/C18H14INO5S3/c1-2-24-14-9-11(10-15-17(21)20-18(26)27-15)8-13(19)16(14)25-28(22,23)12-6-4-3-5-7-12/h3-10H,2H2,1H3,(H,20,21,26)/b15-10-. The van der Waals surface area contributed by atoms with Gasteiger partial charge in [-0.15, -0.1) is 0 Å². The van der Waals surface area contributed by atoms with E-state index in [-0.39, 0.29) is 22.3 Å². The second kappa shape index (κ2) is 8.80. The minimum Gasteiger partial charge on any atom is -0.490 e. The molecule has 2 aromatic carbocycles. The number of carbonyl (C=O) groups excluding carboxylic acids is 1. The molecule has 1 aliphatic rings. The Labute approximate surface area is 185 Å². The van der Waals surface area contributed by atoms with Crippen LogP contribution >= 0.6 is 46.6 Å². The molecule has 10 heteroatoms. The highest BCUT2D eigenvalue weighted by Gasteiger charge is 2.24. The summed E-state index contributed by atoms with van der Waals surface area (Å²) in [6.07, 6.45) is 1.67. The number of thioether (sulfide) groups is 1. The first-order valence-electron chi connectivity index (χ1n) is 8.01. The van der Waals surface area contributed by atoms with Crippen LogP contribution in [0.2, 0.25) is 0 Å². The maximum absolute atomic E-state index is 12.6. The largest absolute Gasteiger partial charge is 0.490 e. The van der Waals surface area contributed by atoms with Crippen molar-refractivity contribution in [1.82, 2.24) is 5.32 Å². The fourth-order valence-electron chi connectivity index (χ4n) is 2.33. The van der Waals surface area contributed by atoms with Crippen molar-refractivity contribution in [2.45, 2.75) is 11.8 Å². The van der Waals surface area contributed by atoms with Gasteiger partial charge in [0.25, 0.3) is 5.91 Å². The summed E-state index contributed by atoms with van der Waals surface area (Å²) in [5, 5.41) is 2.55. The fourth-order valence-corrected chi connectivity index (χ4v) is 5.24. The Morgan fingerprint density at radius 3 is 2.57 bits per heavy atom. The van der Waals surface area contributed by atoms with Gasteiger partial charge in [0.2, 0.25) is 0 Å². The first-order chi connectivity index (χ1) is 13.3. The van der Waals surface area contributed by atoms with Crippen LogP contribution in [-0.4, -0.2) is 25.3 Å². The van der Waals surface area contributed by atoms with Gasteiger partial charge in [0.05, 0.1) is 15.1 Å². The van der Waals surface area contributed by atoms with E-state index in [1.165, 1.54) is 23.9 Å². The van der Waals surface area contributed by atoms with E-state index in [4.69, 9.17) is 21.1 Å². The molecular formula is C18H14INO5S3. The molecule has 146 valence electrons. The van der Waals surface area contributed by atoms with Gasteiger partial charge in [-0.25, -0.2) is 0 Å². The Bertz CT molecular complexity index is 1070. The third kappa shape index (κ3) is 4.85. The van der Waals surface area contributed by atoms with Gasteiger partial charge in [0, 0.05) is 0 Å². The molecule has 0 aromatic heterocycles. The highest BCUT2D eigenvalue weighted by molar-refractivity contribution is 14.1. The third-order valence-corrected chi connectivity index (χ3v) is 6.70. The van der Waals surface area contributed by atoms with E-state index < -0.39 is 10.1 Å². The number of halogens is 1. The highest BCUT2D eigenvalue weighted by atomic mass is 127. The summed E-state index contributed by atoms with van der Waals surface area (Å²) in [7, 11) is -4.01. The Morgan fingerprint density at radius 1 is 1.25 bits per heavy atom. The number of rotatable bonds is 6. The zero-order chi connectivity index (χ0) is 20.3. The van der Waals surface area contributed by atoms with Crippen LogP contribution in [0.25, 0.3) is 6.08 Å². The van der Waals surface area contributed by atoms with Crippen molar-refractivity contribution < 1.29 is 22.1 Å². The van der Waals surface area contributed by atoms with E-state index in [1.54, 1.807) is 43.3 Å². The Kier molecular flexibility index (Phi) is 6.63. The van der Waals surface area contributed by atoms with Gasteiger partial charge < -0.3 is 14.2 Å². The number of hydrogen-bond donors (Lipinski definition) is 1. The van der Waals surface area contributed by atoms with Crippen LogP contribution in [0.15, 0.2) is 52.3 Å². The number of ether oxygens (including phenoxy) is 1. The first kappa shape index (κ1) is 21.1. The smallest absolute Gasteiger partial charge is 0.339 e. The number of hydrogen-bond acceptors (Lipinski definition) is 7. The second-order valence-corrected chi connectivity index (χ2v) is 9.89. The zero-order valence-corrected chi connectivity index (χ0v) is 19.1. The molecule has 1 N–H and O–H groups in total. The van der Waals surface area contributed by atoms with E-state index in [9.17, 15) is 13.2 Å². The van der Waals surface area contributed by atoms with Gasteiger partial charge in [-0.05, 0) is 65.4 Å². The lowest BCUT2D eigenvalue weighted by atomic mass is 10.2. The van der Waals surface area contributed by atoms with Crippen LogP contribution in [0.1, 0.15) is 12.5 Å². The molecule has 1 fully saturated rings. The molecule has 1 aliphatic heterocycles. The summed E-state index contributed by atoms with van der Waals surface area (Å²) in [5.74, 6) is 0.106. The SMILES string of the molecule is CCOc1cc(/C=C2\SC(=S)NC2=O)cc(I)c1OS(=O)(=O)c1ccccc1. The van der Waals surface area contributed by atoms with Crippen LogP contribution in [0.4, 0.5) is 0 Å². The summed E-state index contributed by atoms with van der Waals surface area (Å²) in [5.41, 5.74) is 0.666. The zero-order valence-electron chi connectivity index (χ0n) is 14.5. The predicted octanol–water partition coefficient (Wildman–Crippen LogP) is 3.95. The molecule has 1 amide bonds. The Hall–Kier alpha value is -1.63. The van der Waals surface area contributed by atoms with Gasteiger partial charge in [0.15, 0.2) is 11.5 Å². The average Bonchev–Trinajstić information content (AvgIpc) is 2.96. The number of benzene rings is 2. The minimum atomic E-state index is -4.01. The quantitative estimate of drug-likeness (QED) is 0.254. The Balaban J connectivity index is 1.99. The molecule has 0 radical (unpaired) electrons. The summed E-state index contributed by atoms with van der Waals surface area (Å²) < 4.78 is 37.1. The van der Waals surface area contributed by atoms with Crippen molar-refractivity contribution in [2.24, 2.45) is 0 Å². The maximum atomic E-state index is 12.6. The number of carbonyl (C=O) groups is 1. The van der Waals surface area contributed by atoms with E-state index >= 15 is 0 Å². The summed E-state index contributed by atoms with van der Waals surface area (Å²) in [4.78, 5) is 12.4. The van der Waals surface area contributed by atoms with E-state index in [2.05, 4.69) is 5.32 Å². The summed E-state index contributed by atoms with van der Waals surface area (Å²) in [6, 6.07) is 11.2. The van der Waals surface area contributed by atoms with Gasteiger partial charge in [-0.3, -0.25) is 4.79 Å². The van der Waals surface area contributed by atoms with Gasteiger partial charge >= 0.3 is 10.1 Å². The number of nitrogens with one attached hydrogen (secondary N) is 1. The summed E-state index contributed by atoms with van der Waals surface area (Å²) in [6.45, 7) is 2.10. The lowest BCUT2D eigenvalue weighted by Gasteiger charge is -2.14.